The van der Waals surface area contributed by atoms with Crippen LogP contribution in [0.5, 0.6) is 5.75 Å². The molecule has 4 rings (SSSR count). The summed E-state index contributed by atoms with van der Waals surface area (Å²) < 4.78 is 13.0. The second-order valence-corrected chi connectivity index (χ2v) is 8.48. The average molecular weight is 461 g/mol. The molecule has 1 saturated heterocycles. The van der Waals surface area contributed by atoms with Gasteiger partial charge >= 0.3 is 0 Å². The van der Waals surface area contributed by atoms with Crippen LogP contribution >= 0.6 is 0 Å². The average Bonchev–Trinajstić information content (AvgIpc) is 3.32. The summed E-state index contributed by atoms with van der Waals surface area (Å²) in [7, 11) is 3.51. The normalized spacial score (nSPS) is 15.4. The van der Waals surface area contributed by atoms with Crippen LogP contribution in [0.15, 0.2) is 67.1 Å². The molecule has 2 aromatic carbocycles. The van der Waals surface area contributed by atoms with Gasteiger partial charge in [0.1, 0.15) is 5.75 Å². The molecule has 1 fully saturated rings. The molecule has 7 nitrogen and oxygen atoms in total. The molecule has 1 unspecified atom stereocenters. The van der Waals surface area contributed by atoms with E-state index in [2.05, 4.69) is 22.0 Å². The highest BCUT2D eigenvalue weighted by atomic mass is 16.5. The molecular formula is C27H32N4O3. The highest BCUT2D eigenvalue weighted by Gasteiger charge is 2.24. The van der Waals surface area contributed by atoms with E-state index < -0.39 is 0 Å². The number of imidazole rings is 1. The molecule has 34 heavy (non-hydrogen) atoms. The molecule has 1 aliphatic heterocycles. The van der Waals surface area contributed by atoms with Crippen molar-refractivity contribution in [1.82, 2.24) is 19.4 Å². The maximum absolute atomic E-state index is 13.2. The van der Waals surface area contributed by atoms with Gasteiger partial charge in [-0.05, 0) is 36.3 Å². The van der Waals surface area contributed by atoms with E-state index in [0.29, 0.717) is 0 Å². The number of carbonyl (C=O) groups is 1. The highest BCUT2D eigenvalue weighted by molar-refractivity contribution is 5.92. The minimum Gasteiger partial charge on any atom is -0.495 e. The maximum atomic E-state index is 13.2. The first-order valence-electron chi connectivity index (χ1n) is 11.5. The summed E-state index contributed by atoms with van der Waals surface area (Å²) in [5.41, 5.74) is 3.85. The molecule has 0 N–H and O–H groups in total. The van der Waals surface area contributed by atoms with Crippen molar-refractivity contribution in [2.24, 2.45) is 0 Å². The van der Waals surface area contributed by atoms with Crippen molar-refractivity contribution in [3.8, 4) is 11.4 Å². The zero-order valence-corrected chi connectivity index (χ0v) is 20.1. The van der Waals surface area contributed by atoms with Gasteiger partial charge in [0.2, 0.25) is 5.91 Å². The highest BCUT2D eigenvalue weighted by Crippen LogP contribution is 2.26. The number of aromatic nitrogens is 2. The Labute approximate surface area is 201 Å². The third-order valence-electron chi connectivity index (χ3n) is 6.15. The zero-order chi connectivity index (χ0) is 23.9. The number of rotatable bonds is 8. The van der Waals surface area contributed by atoms with Crippen LogP contribution in [0, 0.1) is 6.92 Å². The predicted molar refractivity (Wildman–Crippen MR) is 133 cm³/mol. The maximum Gasteiger partial charge on any atom is 0.246 e. The van der Waals surface area contributed by atoms with Gasteiger partial charge in [0, 0.05) is 39.0 Å². The van der Waals surface area contributed by atoms with Crippen molar-refractivity contribution in [3.63, 3.8) is 0 Å². The third-order valence-corrected chi connectivity index (χ3v) is 6.15. The SMILES string of the molecule is COc1cc(C=CC(=O)N(C)C(CN2CCOCC2)c2ccccc2)ccc1-n1cnc(C)c1. The molecule has 7 heteroatoms. The number of aryl methyl sites for hydroxylation is 1. The minimum absolute atomic E-state index is 0.0437. The molecule has 0 spiro atoms. The lowest BCUT2D eigenvalue weighted by Crippen LogP contribution is -2.43. The quantitative estimate of drug-likeness (QED) is 0.480. The first-order valence-corrected chi connectivity index (χ1v) is 11.5. The molecule has 3 aromatic rings. The topological polar surface area (TPSA) is 59.8 Å². The van der Waals surface area contributed by atoms with Gasteiger partial charge < -0.3 is 18.9 Å². The first kappa shape index (κ1) is 23.7. The number of benzene rings is 2. The number of carbonyl (C=O) groups excluding carboxylic acids is 1. The molecule has 1 atom stereocenters. The fraction of sp³-hybridized carbons (Fsp3) is 0.333. The van der Waals surface area contributed by atoms with Crippen LogP contribution in [-0.4, -0.2) is 72.3 Å². The van der Waals surface area contributed by atoms with Crippen LogP contribution < -0.4 is 4.74 Å². The van der Waals surface area contributed by atoms with E-state index in [9.17, 15) is 4.79 Å². The first-order chi connectivity index (χ1) is 16.5. The fourth-order valence-corrected chi connectivity index (χ4v) is 4.16. The molecule has 1 amide bonds. The van der Waals surface area contributed by atoms with Crippen molar-refractivity contribution >= 4 is 12.0 Å². The number of ether oxygens (including phenoxy) is 2. The van der Waals surface area contributed by atoms with Crippen molar-refractivity contribution in [3.05, 3.63) is 84.0 Å². The molecule has 1 aliphatic rings. The Kier molecular flexibility index (Phi) is 7.77. The summed E-state index contributed by atoms with van der Waals surface area (Å²) >= 11 is 0. The van der Waals surface area contributed by atoms with Gasteiger partial charge in [0.05, 0.1) is 44.1 Å². The van der Waals surface area contributed by atoms with Crippen LogP contribution in [-0.2, 0) is 9.53 Å². The molecule has 1 aromatic heterocycles. The van der Waals surface area contributed by atoms with Crippen LogP contribution in [0.3, 0.4) is 0 Å². The van der Waals surface area contributed by atoms with Crippen molar-refractivity contribution in [2.45, 2.75) is 13.0 Å². The number of nitrogens with zero attached hydrogens (tertiary/aromatic N) is 4. The number of methoxy groups -OCH3 is 1. The van der Waals surface area contributed by atoms with Crippen LogP contribution in [0.1, 0.15) is 22.9 Å². The Morgan fingerprint density at radius 1 is 1.21 bits per heavy atom. The Hall–Kier alpha value is -3.42. The number of amides is 1. The van der Waals surface area contributed by atoms with E-state index in [-0.39, 0.29) is 11.9 Å². The number of morpholine rings is 1. The van der Waals surface area contributed by atoms with Gasteiger partial charge in [0.25, 0.3) is 0 Å². The van der Waals surface area contributed by atoms with Gasteiger partial charge in [0.15, 0.2) is 0 Å². The standard InChI is InChI=1S/C27H32N4O3/c1-21-18-31(20-28-21)24-11-9-22(17-26(24)33-3)10-12-27(32)29(2)25(23-7-5-4-6-8-23)19-30-13-15-34-16-14-30/h4-12,17-18,20,25H,13-16,19H2,1-3H3. The van der Waals surface area contributed by atoms with Gasteiger partial charge in [-0.25, -0.2) is 4.98 Å². The van der Waals surface area contributed by atoms with E-state index in [1.807, 2.05) is 72.1 Å². The second-order valence-electron chi connectivity index (χ2n) is 8.48. The monoisotopic (exact) mass is 460 g/mol. The number of hydrogen-bond acceptors (Lipinski definition) is 5. The summed E-state index contributed by atoms with van der Waals surface area (Å²) in [6.45, 7) is 5.94. The largest absolute Gasteiger partial charge is 0.495 e. The Balaban J connectivity index is 1.50. The second kappa shape index (κ2) is 11.1. The molecule has 0 saturated carbocycles. The number of likely N-dealkylation sites (N-methyl/N-ethyl adjacent to an activating group) is 1. The third kappa shape index (κ3) is 5.73. The van der Waals surface area contributed by atoms with Crippen molar-refractivity contribution < 1.29 is 14.3 Å². The van der Waals surface area contributed by atoms with E-state index in [1.54, 1.807) is 19.5 Å². The van der Waals surface area contributed by atoms with E-state index in [4.69, 9.17) is 9.47 Å². The Morgan fingerprint density at radius 3 is 2.65 bits per heavy atom. The molecule has 2 heterocycles. The number of hydrogen-bond donors (Lipinski definition) is 0. The van der Waals surface area contributed by atoms with Gasteiger partial charge in [-0.3, -0.25) is 9.69 Å². The summed E-state index contributed by atoms with van der Waals surface area (Å²) in [4.78, 5) is 21.6. The van der Waals surface area contributed by atoms with Gasteiger partial charge in [-0.1, -0.05) is 36.4 Å². The zero-order valence-electron chi connectivity index (χ0n) is 20.1. The predicted octanol–water partition coefficient (Wildman–Crippen LogP) is 3.73. The lowest BCUT2D eigenvalue weighted by Gasteiger charge is -2.35. The molecule has 0 aliphatic carbocycles. The van der Waals surface area contributed by atoms with E-state index in [0.717, 1.165) is 61.1 Å². The fourth-order valence-electron chi connectivity index (χ4n) is 4.16. The van der Waals surface area contributed by atoms with Crippen LogP contribution in [0.4, 0.5) is 0 Å². The molecule has 0 radical (unpaired) electrons. The van der Waals surface area contributed by atoms with Crippen molar-refractivity contribution in [1.29, 1.82) is 0 Å². The van der Waals surface area contributed by atoms with Crippen LogP contribution in [0.2, 0.25) is 0 Å². The minimum atomic E-state index is -0.0459. The summed E-state index contributed by atoms with van der Waals surface area (Å²) in [5, 5.41) is 0. The smallest absolute Gasteiger partial charge is 0.246 e. The van der Waals surface area contributed by atoms with Gasteiger partial charge in [-0.2, -0.15) is 0 Å². The lowest BCUT2D eigenvalue weighted by atomic mass is 10.0. The Morgan fingerprint density at radius 2 is 1.97 bits per heavy atom. The Bertz CT molecular complexity index is 1120. The summed E-state index contributed by atoms with van der Waals surface area (Å²) in [5.74, 6) is 0.672. The summed E-state index contributed by atoms with van der Waals surface area (Å²) in [6, 6.07) is 16.0. The summed E-state index contributed by atoms with van der Waals surface area (Å²) in [6.07, 6.45) is 7.18. The van der Waals surface area contributed by atoms with Gasteiger partial charge in [-0.15, -0.1) is 0 Å². The van der Waals surface area contributed by atoms with Crippen LogP contribution in [0.25, 0.3) is 11.8 Å². The molecular weight excluding hydrogens is 428 g/mol. The molecule has 0 bridgehead atoms. The molecule has 178 valence electrons. The van der Waals surface area contributed by atoms with E-state index >= 15 is 0 Å². The van der Waals surface area contributed by atoms with E-state index in [1.165, 1.54) is 0 Å². The van der Waals surface area contributed by atoms with Crippen molar-refractivity contribution in [2.75, 3.05) is 47.0 Å². The lowest BCUT2D eigenvalue weighted by molar-refractivity contribution is -0.127.